The van der Waals surface area contributed by atoms with Crippen LogP contribution >= 0.6 is 0 Å². The monoisotopic (exact) mass is 303 g/mol. The van der Waals surface area contributed by atoms with Crippen LogP contribution < -0.4 is 5.32 Å². The highest BCUT2D eigenvalue weighted by atomic mass is 16.2. The number of anilines is 1. The number of carbonyl (C=O) groups is 2. The van der Waals surface area contributed by atoms with Gasteiger partial charge in [0.25, 0.3) is 0 Å². The third-order valence-electron chi connectivity index (χ3n) is 4.43. The predicted octanol–water partition coefficient (Wildman–Crippen LogP) is 0.358. The zero-order valence-electron chi connectivity index (χ0n) is 12.7. The number of likely N-dealkylation sites (tertiary alicyclic amines) is 2. The van der Waals surface area contributed by atoms with Crippen LogP contribution in [0.4, 0.5) is 5.82 Å². The second-order valence-electron chi connectivity index (χ2n) is 6.01. The second-order valence-corrected chi connectivity index (χ2v) is 6.01. The molecule has 2 aliphatic heterocycles. The van der Waals surface area contributed by atoms with Gasteiger partial charge in [0.05, 0.1) is 5.92 Å². The number of hydrogen-bond donors (Lipinski definition) is 1. The van der Waals surface area contributed by atoms with E-state index in [9.17, 15) is 9.59 Å². The van der Waals surface area contributed by atoms with E-state index >= 15 is 0 Å². The molecule has 2 fully saturated rings. The molecule has 1 aromatic rings. The van der Waals surface area contributed by atoms with Gasteiger partial charge in [0, 0.05) is 45.3 Å². The van der Waals surface area contributed by atoms with Gasteiger partial charge in [0.1, 0.15) is 12.1 Å². The van der Waals surface area contributed by atoms with E-state index in [2.05, 4.69) is 15.3 Å². The van der Waals surface area contributed by atoms with E-state index in [1.807, 2.05) is 11.0 Å². The summed E-state index contributed by atoms with van der Waals surface area (Å²) < 4.78 is 0. The van der Waals surface area contributed by atoms with Crippen molar-refractivity contribution in [2.75, 3.05) is 32.0 Å². The average Bonchev–Trinajstić information content (AvgIpc) is 2.88. The van der Waals surface area contributed by atoms with Crippen LogP contribution in [-0.4, -0.2) is 64.3 Å². The zero-order chi connectivity index (χ0) is 15.5. The van der Waals surface area contributed by atoms with Gasteiger partial charge in [-0.1, -0.05) is 0 Å². The Bertz CT molecular complexity index is 542. The standard InChI is InChI=1S/C15H21N5O2/c1-19-9-11(8-14(19)21)15(22)20-6-3-12(4-7-20)18-13-2-5-16-10-17-13/h2,5,10-12H,3-4,6-9H2,1H3,(H,16,17,18). The predicted molar refractivity (Wildman–Crippen MR) is 81.0 cm³/mol. The molecule has 7 nitrogen and oxygen atoms in total. The van der Waals surface area contributed by atoms with Crippen molar-refractivity contribution in [1.29, 1.82) is 0 Å². The van der Waals surface area contributed by atoms with Crippen molar-refractivity contribution < 1.29 is 9.59 Å². The highest BCUT2D eigenvalue weighted by Crippen LogP contribution is 2.22. The van der Waals surface area contributed by atoms with Crippen molar-refractivity contribution >= 4 is 17.6 Å². The summed E-state index contributed by atoms with van der Waals surface area (Å²) in [6.07, 6.45) is 5.38. The summed E-state index contributed by atoms with van der Waals surface area (Å²) in [7, 11) is 1.76. The lowest BCUT2D eigenvalue weighted by Crippen LogP contribution is -2.45. The molecule has 0 saturated carbocycles. The molecule has 1 atom stereocenters. The summed E-state index contributed by atoms with van der Waals surface area (Å²) in [5.41, 5.74) is 0. The van der Waals surface area contributed by atoms with Crippen LogP contribution in [0.1, 0.15) is 19.3 Å². The first kappa shape index (κ1) is 14.7. The van der Waals surface area contributed by atoms with Crippen LogP contribution in [0, 0.1) is 5.92 Å². The maximum Gasteiger partial charge on any atom is 0.227 e. The van der Waals surface area contributed by atoms with E-state index in [0.29, 0.717) is 19.0 Å². The molecule has 22 heavy (non-hydrogen) atoms. The Morgan fingerprint density at radius 1 is 1.36 bits per heavy atom. The lowest BCUT2D eigenvalue weighted by atomic mass is 10.0. The average molecular weight is 303 g/mol. The Labute approximate surface area is 129 Å². The number of rotatable bonds is 3. The molecule has 0 spiro atoms. The molecule has 0 aliphatic carbocycles. The molecule has 7 heteroatoms. The van der Waals surface area contributed by atoms with Gasteiger partial charge >= 0.3 is 0 Å². The zero-order valence-corrected chi connectivity index (χ0v) is 12.7. The summed E-state index contributed by atoms with van der Waals surface area (Å²) in [5.74, 6) is 0.850. The van der Waals surface area contributed by atoms with Gasteiger partial charge in [-0.05, 0) is 18.9 Å². The topological polar surface area (TPSA) is 78.4 Å². The van der Waals surface area contributed by atoms with Gasteiger partial charge in [0.2, 0.25) is 11.8 Å². The Balaban J connectivity index is 1.49. The summed E-state index contributed by atoms with van der Waals surface area (Å²) in [4.78, 5) is 35.6. The minimum absolute atomic E-state index is 0.0682. The molecule has 0 aromatic carbocycles. The first-order valence-corrected chi connectivity index (χ1v) is 7.69. The number of amides is 2. The molecule has 3 heterocycles. The smallest absolute Gasteiger partial charge is 0.227 e. The Morgan fingerprint density at radius 3 is 2.73 bits per heavy atom. The minimum atomic E-state index is -0.163. The van der Waals surface area contributed by atoms with Crippen LogP contribution in [0.5, 0.6) is 0 Å². The third-order valence-corrected chi connectivity index (χ3v) is 4.43. The fourth-order valence-electron chi connectivity index (χ4n) is 3.12. The number of piperidine rings is 1. The molecule has 1 N–H and O–H groups in total. The van der Waals surface area contributed by atoms with Gasteiger partial charge in [-0.25, -0.2) is 9.97 Å². The van der Waals surface area contributed by atoms with Crippen LogP contribution in [0.2, 0.25) is 0 Å². The van der Waals surface area contributed by atoms with E-state index in [1.54, 1.807) is 18.1 Å². The van der Waals surface area contributed by atoms with Gasteiger partial charge in [0.15, 0.2) is 0 Å². The lowest BCUT2D eigenvalue weighted by molar-refractivity contribution is -0.136. The Morgan fingerprint density at radius 2 is 2.14 bits per heavy atom. The largest absolute Gasteiger partial charge is 0.367 e. The number of nitrogens with zero attached hydrogens (tertiary/aromatic N) is 4. The lowest BCUT2D eigenvalue weighted by Gasteiger charge is -2.34. The molecule has 3 rings (SSSR count). The molecule has 0 radical (unpaired) electrons. The highest BCUT2D eigenvalue weighted by molar-refractivity contribution is 5.89. The van der Waals surface area contributed by atoms with Gasteiger partial charge in [-0.3, -0.25) is 9.59 Å². The first-order valence-electron chi connectivity index (χ1n) is 7.69. The fraction of sp³-hybridized carbons (Fsp3) is 0.600. The number of nitrogens with one attached hydrogen (secondary N) is 1. The molecular formula is C15H21N5O2. The van der Waals surface area contributed by atoms with Crippen molar-refractivity contribution in [3.05, 3.63) is 18.6 Å². The molecule has 1 unspecified atom stereocenters. The number of carbonyl (C=O) groups excluding carboxylic acids is 2. The van der Waals surface area contributed by atoms with Crippen LogP contribution in [0.3, 0.4) is 0 Å². The SMILES string of the molecule is CN1CC(C(=O)N2CCC(Nc3ccncn3)CC2)CC1=O. The summed E-state index contributed by atoms with van der Waals surface area (Å²) in [6.45, 7) is 2.02. The van der Waals surface area contributed by atoms with Crippen molar-refractivity contribution in [2.45, 2.75) is 25.3 Å². The van der Waals surface area contributed by atoms with E-state index in [0.717, 1.165) is 31.7 Å². The Hall–Kier alpha value is -2.18. The molecule has 2 saturated heterocycles. The van der Waals surface area contributed by atoms with Crippen molar-refractivity contribution in [3.8, 4) is 0 Å². The van der Waals surface area contributed by atoms with E-state index < -0.39 is 0 Å². The van der Waals surface area contributed by atoms with Gasteiger partial charge < -0.3 is 15.1 Å². The molecular weight excluding hydrogens is 282 g/mol. The molecule has 118 valence electrons. The fourth-order valence-corrected chi connectivity index (χ4v) is 3.12. The quantitative estimate of drug-likeness (QED) is 0.872. The van der Waals surface area contributed by atoms with Gasteiger partial charge in [-0.15, -0.1) is 0 Å². The molecule has 2 amide bonds. The number of hydrogen-bond acceptors (Lipinski definition) is 5. The molecule has 2 aliphatic rings. The van der Waals surface area contributed by atoms with E-state index in [4.69, 9.17) is 0 Å². The minimum Gasteiger partial charge on any atom is -0.367 e. The van der Waals surface area contributed by atoms with E-state index in [-0.39, 0.29) is 17.7 Å². The highest BCUT2D eigenvalue weighted by Gasteiger charge is 2.35. The van der Waals surface area contributed by atoms with Gasteiger partial charge in [-0.2, -0.15) is 0 Å². The summed E-state index contributed by atoms with van der Waals surface area (Å²) in [6, 6.07) is 2.17. The normalized spacial score (nSPS) is 23.0. The first-order chi connectivity index (χ1) is 10.6. The van der Waals surface area contributed by atoms with Crippen molar-refractivity contribution in [1.82, 2.24) is 19.8 Å². The number of aromatic nitrogens is 2. The summed E-state index contributed by atoms with van der Waals surface area (Å²) >= 11 is 0. The van der Waals surface area contributed by atoms with Crippen molar-refractivity contribution in [3.63, 3.8) is 0 Å². The maximum atomic E-state index is 12.5. The maximum absolute atomic E-state index is 12.5. The van der Waals surface area contributed by atoms with Crippen molar-refractivity contribution in [2.24, 2.45) is 5.92 Å². The van der Waals surface area contributed by atoms with Crippen LogP contribution in [0.25, 0.3) is 0 Å². The molecule has 1 aromatic heterocycles. The Kier molecular flexibility index (Phi) is 4.22. The molecule has 0 bridgehead atoms. The third kappa shape index (κ3) is 3.18. The summed E-state index contributed by atoms with van der Waals surface area (Å²) in [5, 5.41) is 3.37. The van der Waals surface area contributed by atoms with E-state index in [1.165, 1.54) is 6.33 Å². The van der Waals surface area contributed by atoms with Crippen LogP contribution in [-0.2, 0) is 9.59 Å². The van der Waals surface area contributed by atoms with Crippen LogP contribution in [0.15, 0.2) is 18.6 Å². The second kappa shape index (κ2) is 6.29.